The van der Waals surface area contributed by atoms with Gasteiger partial charge in [-0.1, -0.05) is 12.1 Å². The number of rotatable bonds is 6. The second kappa shape index (κ2) is 8.27. The first kappa shape index (κ1) is 18.3. The molecule has 3 rings (SSSR count). The molecule has 0 radical (unpaired) electrons. The zero-order valence-electron chi connectivity index (χ0n) is 14.8. The van der Waals surface area contributed by atoms with Crippen molar-refractivity contribution in [3.05, 3.63) is 70.5 Å². The van der Waals surface area contributed by atoms with E-state index in [0.29, 0.717) is 28.8 Å². The molecule has 0 N–H and O–H groups in total. The molecule has 0 aliphatic rings. The fourth-order valence-electron chi connectivity index (χ4n) is 2.59. The number of aromatic nitrogens is 2. The van der Waals surface area contributed by atoms with Gasteiger partial charge >= 0.3 is 11.9 Å². The van der Waals surface area contributed by atoms with E-state index in [1.54, 1.807) is 29.8 Å². The van der Waals surface area contributed by atoms with Gasteiger partial charge in [0.25, 0.3) is 0 Å². The molecule has 0 amide bonds. The number of para-hydroxylation sites is 1. The number of hydrogen-bond acceptors (Lipinski definition) is 6. The normalized spacial score (nSPS) is 10.6. The molecule has 0 aliphatic carbocycles. The highest BCUT2D eigenvalue weighted by Crippen LogP contribution is 2.14. The van der Waals surface area contributed by atoms with Crippen LogP contribution in [0.25, 0.3) is 10.9 Å². The first-order valence-electron chi connectivity index (χ1n) is 8.51. The largest absolute Gasteiger partial charge is 0.462 e. The first-order chi connectivity index (χ1) is 13.1. The first-order valence-corrected chi connectivity index (χ1v) is 8.51. The van der Waals surface area contributed by atoms with Crippen LogP contribution in [-0.2, 0) is 16.1 Å². The molecule has 0 bridgehead atoms. The third-order valence-corrected chi connectivity index (χ3v) is 3.89. The van der Waals surface area contributed by atoms with Gasteiger partial charge in [0.2, 0.25) is 5.43 Å². The molecule has 0 atom stereocenters. The van der Waals surface area contributed by atoms with Crippen LogP contribution in [-0.4, -0.2) is 28.3 Å². The summed E-state index contributed by atoms with van der Waals surface area (Å²) in [6.07, 6.45) is 1.32. The Bertz CT molecular complexity index is 1020. The van der Waals surface area contributed by atoms with Crippen molar-refractivity contribution in [2.45, 2.75) is 19.9 Å². The van der Waals surface area contributed by atoms with Crippen LogP contribution in [0, 0.1) is 0 Å². The predicted octanol–water partition coefficient (Wildman–Crippen LogP) is 2.57. The van der Waals surface area contributed by atoms with Gasteiger partial charge in [-0.25, -0.2) is 4.79 Å². The van der Waals surface area contributed by atoms with Gasteiger partial charge in [-0.05, 0) is 43.3 Å². The highest BCUT2D eigenvalue weighted by Gasteiger charge is 2.10. The van der Waals surface area contributed by atoms with E-state index in [1.165, 1.54) is 30.5 Å². The van der Waals surface area contributed by atoms with Gasteiger partial charge in [-0.3, -0.25) is 14.3 Å². The van der Waals surface area contributed by atoms with Crippen LogP contribution in [0.2, 0.25) is 0 Å². The lowest BCUT2D eigenvalue weighted by molar-refractivity contribution is -0.134. The standard InChI is InChI=1S/C20H18N2O5/c1-2-26-20(25)14-7-9-15(10-8-14)27-19(24)11-12-22-17-6-4-3-5-16(17)18(23)13-21-22/h3-10,13H,2,11-12H2,1H3. The van der Waals surface area contributed by atoms with Crippen molar-refractivity contribution < 1.29 is 19.1 Å². The molecular formula is C20H18N2O5. The molecule has 0 aliphatic heterocycles. The number of aryl methyl sites for hydroxylation is 1. The molecule has 0 saturated heterocycles. The van der Waals surface area contributed by atoms with Crippen molar-refractivity contribution in [1.82, 2.24) is 9.78 Å². The molecule has 7 heteroatoms. The van der Waals surface area contributed by atoms with Crippen molar-refractivity contribution in [3.8, 4) is 5.75 Å². The van der Waals surface area contributed by atoms with Crippen LogP contribution in [0.4, 0.5) is 0 Å². The van der Waals surface area contributed by atoms with E-state index in [0.717, 1.165) is 0 Å². The Balaban J connectivity index is 1.63. The van der Waals surface area contributed by atoms with Crippen LogP contribution >= 0.6 is 0 Å². The number of nitrogens with zero attached hydrogens (tertiary/aromatic N) is 2. The minimum atomic E-state index is -0.441. The number of fused-ring (bicyclic) bond motifs is 1. The van der Waals surface area contributed by atoms with Crippen LogP contribution < -0.4 is 10.2 Å². The summed E-state index contributed by atoms with van der Waals surface area (Å²) < 4.78 is 11.8. The molecular weight excluding hydrogens is 348 g/mol. The van der Waals surface area contributed by atoms with Gasteiger partial charge in [-0.15, -0.1) is 0 Å². The van der Waals surface area contributed by atoms with Crippen molar-refractivity contribution in [2.75, 3.05) is 6.61 Å². The topological polar surface area (TPSA) is 87.5 Å². The highest BCUT2D eigenvalue weighted by molar-refractivity contribution is 5.89. The van der Waals surface area contributed by atoms with Crippen LogP contribution in [0.5, 0.6) is 5.75 Å². The summed E-state index contributed by atoms with van der Waals surface area (Å²) in [5.41, 5.74) is 0.892. The average Bonchev–Trinajstić information content (AvgIpc) is 2.68. The van der Waals surface area contributed by atoms with Crippen LogP contribution in [0.3, 0.4) is 0 Å². The van der Waals surface area contributed by atoms with Crippen LogP contribution in [0.1, 0.15) is 23.7 Å². The summed E-state index contributed by atoms with van der Waals surface area (Å²) in [4.78, 5) is 35.5. The summed E-state index contributed by atoms with van der Waals surface area (Å²) in [5.74, 6) is -0.527. The van der Waals surface area contributed by atoms with Gasteiger partial charge in [0, 0.05) is 5.39 Å². The van der Waals surface area contributed by atoms with Gasteiger partial charge < -0.3 is 9.47 Å². The molecule has 0 unspecified atom stereocenters. The van der Waals surface area contributed by atoms with E-state index in [1.807, 2.05) is 6.07 Å². The summed E-state index contributed by atoms with van der Waals surface area (Å²) in [5, 5.41) is 4.63. The van der Waals surface area contributed by atoms with E-state index in [2.05, 4.69) is 5.10 Å². The van der Waals surface area contributed by atoms with E-state index in [4.69, 9.17) is 9.47 Å². The summed E-state index contributed by atoms with van der Waals surface area (Å²) >= 11 is 0. The maximum atomic E-state index is 12.1. The zero-order valence-corrected chi connectivity index (χ0v) is 14.8. The highest BCUT2D eigenvalue weighted by atomic mass is 16.5. The van der Waals surface area contributed by atoms with Crippen molar-refractivity contribution in [3.63, 3.8) is 0 Å². The summed E-state index contributed by atoms with van der Waals surface area (Å²) in [7, 11) is 0. The fraction of sp³-hybridized carbons (Fsp3) is 0.200. The minimum Gasteiger partial charge on any atom is -0.462 e. The van der Waals surface area contributed by atoms with E-state index < -0.39 is 11.9 Å². The van der Waals surface area contributed by atoms with Crippen molar-refractivity contribution in [2.24, 2.45) is 0 Å². The Morgan fingerprint density at radius 3 is 2.56 bits per heavy atom. The molecule has 138 valence electrons. The average molecular weight is 366 g/mol. The number of esters is 2. The minimum absolute atomic E-state index is 0.0828. The third-order valence-electron chi connectivity index (χ3n) is 3.89. The predicted molar refractivity (Wildman–Crippen MR) is 98.7 cm³/mol. The SMILES string of the molecule is CCOC(=O)c1ccc(OC(=O)CCn2ncc(=O)c3ccccc32)cc1. The number of ether oxygens (including phenoxy) is 2. The maximum absolute atomic E-state index is 12.1. The lowest BCUT2D eigenvalue weighted by Gasteiger charge is -2.09. The van der Waals surface area contributed by atoms with Gasteiger partial charge in [0.05, 0.1) is 36.8 Å². The lowest BCUT2D eigenvalue weighted by atomic mass is 10.2. The number of benzene rings is 2. The van der Waals surface area contributed by atoms with E-state index in [-0.39, 0.29) is 18.4 Å². The number of hydrogen-bond donors (Lipinski definition) is 0. The fourth-order valence-corrected chi connectivity index (χ4v) is 2.59. The number of carbonyl (C=O) groups is 2. The molecule has 3 aromatic rings. The molecule has 0 fully saturated rings. The number of carbonyl (C=O) groups excluding carboxylic acids is 2. The molecule has 1 aromatic heterocycles. The lowest BCUT2D eigenvalue weighted by Crippen LogP contribution is -2.16. The molecule has 1 heterocycles. The monoisotopic (exact) mass is 366 g/mol. The van der Waals surface area contributed by atoms with E-state index >= 15 is 0 Å². The summed E-state index contributed by atoms with van der Waals surface area (Å²) in [6.45, 7) is 2.30. The maximum Gasteiger partial charge on any atom is 0.338 e. The third kappa shape index (κ3) is 4.38. The van der Waals surface area contributed by atoms with Crippen molar-refractivity contribution >= 4 is 22.8 Å². The Hall–Kier alpha value is -3.48. The van der Waals surface area contributed by atoms with Gasteiger partial charge in [-0.2, -0.15) is 5.10 Å². The second-order valence-electron chi connectivity index (χ2n) is 5.72. The van der Waals surface area contributed by atoms with E-state index in [9.17, 15) is 14.4 Å². The Kier molecular flexibility index (Phi) is 5.61. The van der Waals surface area contributed by atoms with Gasteiger partial charge in [0.1, 0.15) is 5.75 Å². The quantitative estimate of drug-likeness (QED) is 0.492. The molecule has 27 heavy (non-hydrogen) atoms. The second-order valence-corrected chi connectivity index (χ2v) is 5.72. The summed E-state index contributed by atoms with van der Waals surface area (Å²) in [6, 6.07) is 13.2. The molecule has 0 spiro atoms. The Morgan fingerprint density at radius 2 is 1.81 bits per heavy atom. The zero-order chi connectivity index (χ0) is 19.2. The smallest absolute Gasteiger partial charge is 0.338 e. The van der Waals surface area contributed by atoms with Crippen LogP contribution in [0.15, 0.2) is 59.5 Å². The Labute approximate surface area is 155 Å². The van der Waals surface area contributed by atoms with Gasteiger partial charge in [0.15, 0.2) is 0 Å². The molecule has 7 nitrogen and oxygen atoms in total. The molecule has 2 aromatic carbocycles. The Morgan fingerprint density at radius 1 is 1.07 bits per heavy atom. The molecule has 0 saturated carbocycles. The van der Waals surface area contributed by atoms with Crippen molar-refractivity contribution in [1.29, 1.82) is 0 Å².